The summed E-state index contributed by atoms with van der Waals surface area (Å²) in [7, 11) is 2.24. The minimum atomic E-state index is -0.0247. The monoisotopic (exact) mass is 784 g/mol. The minimum absolute atomic E-state index is 0.0247. The Kier molecular flexibility index (Phi) is 10.1. The zero-order valence-electron chi connectivity index (χ0n) is 34.9. The lowest BCUT2D eigenvalue weighted by molar-refractivity contribution is 0.766. The van der Waals surface area contributed by atoms with Crippen molar-refractivity contribution in [2.45, 2.75) is 25.9 Å². The fourth-order valence-electron chi connectivity index (χ4n) is 9.30. The zero-order valence-corrected chi connectivity index (χ0v) is 34.9. The maximum absolute atomic E-state index is 3.91. The van der Waals surface area contributed by atoms with Gasteiger partial charge in [-0.25, -0.2) is 0 Å². The topological polar surface area (TPSA) is 15.3 Å². The molecule has 11 rings (SSSR count). The van der Waals surface area contributed by atoms with Crippen LogP contribution in [0.2, 0.25) is 0 Å². The van der Waals surface area contributed by atoms with Crippen LogP contribution in [-0.4, -0.2) is 7.05 Å². The van der Waals surface area contributed by atoms with Gasteiger partial charge in [0, 0.05) is 24.0 Å². The molecule has 2 heteroatoms. The normalized spacial score (nSPS) is 15.9. The fourth-order valence-corrected chi connectivity index (χ4v) is 9.30. The molecule has 0 saturated carbocycles. The largest absolute Gasteiger partial charge is 0.374 e. The number of nitrogens with zero attached hydrogens (tertiary/aromatic N) is 1. The van der Waals surface area contributed by atoms with Gasteiger partial charge in [-0.3, -0.25) is 0 Å². The number of benzene rings is 9. The highest BCUT2D eigenvalue weighted by molar-refractivity contribution is 6.14. The van der Waals surface area contributed by atoms with E-state index in [4.69, 9.17) is 0 Å². The van der Waals surface area contributed by atoms with E-state index in [0.29, 0.717) is 0 Å². The molecule has 0 spiro atoms. The molecule has 2 atom stereocenters. The molecule has 0 saturated heterocycles. The van der Waals surface area contributed by atoms with E-state index in [1.54, 1.807) is 0 Å². The molecule has 0 aromatic heterocycles. The van der Waals surface area contributed by atoms with Crippen LogP contribution in [0.25, 0.3) is 60.3 Å². The highest BCUT2D eigenvalue weighted by atomic mass is 15.1. The summed E-state index contributed by atoms with van der Waals surface area (Å²) in [6.07, 6.45) is 7.15. The average molecular weight is 785 g/mol. The van der Waals surface area contributed by atoms with Crippen LogP contribution in [0.5, 0.6) is 0 Å². The number of nitrogens with one attached hydrogen (secondary N) is 1. The van der Waals surface area contributed by atoms with Gasteiger partial charge in [0.2, 0.25) is 0 Å². The first-order valence-corrected chi connectivity index (χ1v) is 21.5. The van der Waals surface area contributed by atoms with E-state index in [9.17, 15) is 0 Å². The number of anilines is 1. The lowest BCUT2D eigenvalue weighted by Crippen LogP contribution is -2.27. The van der Waals surface area contributed by atoms with E-state index in [1.807, 2.05) is 13.8 Å². The van der Waals surface area contributed by atoms with Gasteiger partial charge in [0.15, 0.2) is 0 Å². The van der Waals surface area contributed by atoms with E-state index < -0.39 is 0 Å². The van der Waals surface area contributed by atoms with E-state index >= 15 is 0 Å². The summed E-state index contributed by atoms with van der Waals surface area (Å²) >= 11 is 0. The Morgan fingerprint density at radius 2 is 1.08 bits per heavy atom. The van der Waals surface area contributed by atoms with Gasteiger partial charge in [-0.05, 0) is 131 Å². The number of fused-ring (bicyclic) bond motifs is 5. The van der Waals surface area contributed by atoms with Gasteiger partial charge in [0.1, 0.15) is 0 Å². The Bertz CT molecular complexity index is 3150. The predicted octanol–water partition coefficient (Wildman–Crippen LogP) is 15.2. The van der Waals surface area contributed by atoms with Crippen molar-refractivity contribution in [2.24, 2.45) is 0 Å². The van der Waals surface area contributed by atoms with Gasteiger partial charge in [-0.15, -0.1) is 0 Å². The van der Waals surface area contributed by atoms with Gasteiger partial charge in [0.05, 0.1) is 12.1 Å². The smallest absolute Gasteiger partial charge is 0.0733 e. The van der Waals surface area contributed by atoms with Crippen LogP contribution in [-0.2, 0) is 0 Å². The van der Waals surface area contributed by atoms with Crippen molar-refractivity contribution in [3.63, 3.8) is 0 Å². The minimum Gasteiger partial charge on any atom is -0.374 e. The van der Waals surface area contributed by atoms with Crippen molar-refractivity contribution in [3.05, 3.63) is 252 Å². The van der Waals surface area contributed by atoms with Crippen molar-refractivity contribution in [1.82, 2.24) is 5.32 Å². The number of hydrogen-bond acceptors (Lipinski definition) is 2. The van der Waals surface area contributed by atoms with Crippen molar-refractivity contribution < 1.29 is 0 Å². The van der Waals surface area contributed by atoms with Crippen LogP contribution >= 0.6 is 0 Å². The highest BCUT2D eigenvalue weighted by Crippen LogP contribution is 2.46. The van der Waals surface area contributed by atoms with E-state index in [0.717, 1.165) is 5.70 Å². The van der Waals surface area contributed by atoms with Crippen LogP contribution in [0.3, 0.4) is 0 Å². The first kappa shape index (κ1) is 37.8. The maximum Gasteiger partial charge on any atom is 0.0733 e. The van der Waals surface area contributed by atoms with Crippen LogP contribution in [0.15, 0.2) is 218 Å². The molecular formula is C59H48N2. The van der Waals surface area contributed by atoms with E-state index in [1.165, 1.54) is 93.7 Å². The molecule has 0 aliphatic carbocycles. The predicted molar refractivity (Wildman–Crippen MR) is 262 cm³/mol. The second-order valence-electron chi connectivity index (χ2n) is 15.8. The summed E-state index contributed by atoms with van der Waals surface area (Å²) in [5.74, 6) is 0. The molecule has 1 N–H and O–H groups in total. The third-order valence-electron chi connectivity index (χ3n) is 12.3. The first-order chi connectivity index (χ1) is 30.1. The Morgan fingerprint density at radius 3 is 1.87 bits per heavy atom. The molecule has 2 heterocycles. The highest BCUT2D eigenvalue weighted by Gasteiger charge is 2.28. The van der Waals surface area contributed by atoms with Crippen molar-refractivity contribution >= 4 is 54.8 Å². The Labute approximate surface area is 359 Å². The summed E-state index contributed by atoms with van der Waals surface area (Å²) in [5, 5.41) is 11.5. The van der Waals surface area contributed by atoms with Gasteiger partial charge in [-0.2, -0.15) is 0 Å². The summed E-state index contributed by atoms with van der Waals surface area (Å²) in [5.41, 5.74) is 14.6. The molecule has 9 aromatic carbocycles. The maximum atomic E-state index is 3.91. The molecule has 0 fully saturated rings. The number of rotatable bonds is 6. The van der Waals surface area contributed by atoms with E-state index in [2.05, 4.69) is 236 Å². The number of likely N-dealkylation sites (N-methyl/N-ethyl adjacent to an activating group) is 1. The van der Waals surface area contributed by atoms with Gasteiger partial charge in [-0.1, -0.05) is 184 Å². The molecule has 294 valence electrons. The first-order valence-electron chi connectivity index (χ1n) is 21.5. The summed E-state index contributed by atoms with van der Waals surface area (Å²) in [6, 6.07) is 73.2. The lowest BCUT2D eigenvalue weighted by atomic mass is 9.84. The fraction of sp³-hybridized carbons (Fsp3) is 0.0847. The molecule has 2 aliphatic rings. The Morgan fingerprint density at radius 1 is 0.426 bits per heavy atom. The van der Waals surface area contributed by atoms with Crippen molar-refractivity contribution in [3.8, 4) is 11.1 Å². The molecule has 2 unspecified atom stereocenters. The molecule has 61 heavy (non-hydrogen) atoms. The molecule has 0 radical (unpaired) electrons. The van der Waals surface area contributed by atoms with Crippen molar-refractivity contribution in [2.75, 3.05) is 11.9 Å². The second-order valence-corrected chi connectivity index (χ2v) is 15.8. The van der Waals surface area contributed by atoms with Gasteiger partial charge < -0.3 is 10.2 Å². The quantitative estimate of drug-likeness (QED) is 0.169. The molecule has 0 amide bonds. The summed E-state index contributed by atoms with van der Waals surface area (Å²) in [6.45, 7) is 4.00. The molecular weight excluding hydrogens is 737 g/mol. The Hall–Kier alpha value is -7.42. The standard InChI is InChI=1S/C57H42N2.C2H6/c1-59-56-30-29-44(51-33-43-21-10-11-24-48(43)49-25-12-13-26-50(49)51)34-53(56)52(37-57(59)46-28-27-39-17-8-9-20-41(39)31-46)42-22-14-23-45(32-42)55-36-47(38-15-4-2-5-16-38)35-54(58-55)40-18-6-3-7-19-40;1-2/h2-37,55,57-58H,1H3;1-2H3. The molecule has 0 bridgehead atoms. The summed E-state index contributed by atoms with van der Waals surface area (Å²) in [4.78, 5) is 2.45. The second kappa shape index (κ2) is 16.3. The van der Waals surface area contributed by atoms with Crippen LogP contribution < -0.4 is 10.2 Å². The van der Waals surface area contributed by atoms with Gasteiger partial charge >= 0.3 is 0 Å². The SMILES string of the molecule is CC.CN1c2ccc(-c3cc4ccccc4c4ccccc34)cc2C(c2cccc(C3C=C(c4ccccc4)C=C(c4ccccc4)N3)c2)=CC1c1ccc2ccccc2c1. The third kappa shape index (κ3) is 7.11. The zero-order chi connectivity index (χ0) is 41.3. The summed E-state index contributed by atoms with van der Waals surface area (Å²) < 4.78 is 0. The average Bonchev–Trinajstić information content (AvgIpc) is 3.34. The van der Waals surface area contributed by atoms with Crippen LogP contribution in [0.4, 0.5) is 5.69 Å². The number of allylic oxidation sites excluding steroid dienone is 2. The lowest BCUT2D eigenvalue weighted by Gasteiger charge is -2.36. The third-order valence-corrected chi connectivity index (χ3v) is 12.3. The van der Waals surface area contributed by atoms with E-state index in [-0.39, 0.29) is 12.1 Å². The molecule has 2 nitrogen and oxygen atoms in total. The number of hydrogen-bond donors (Lipinski definition) is 1. The van der Waals surface area contributed by atoms with Crippen LogP contribution in [0, 0.1) is 0 Å². The number of dihydropyridines is 1. The molecule has 2 aliphatic heterocycles. The van der Waals surface area contributed by atoms with Crippen molar-refractivity contribution in [1.29, 1.82) is 0 Å². The van der Waals surface area contributed by atoms with Gasteiger partial charge in [0.25, 0.3) is 0 Å². The Balaban J connectivity index is 0.00000220. The molecule has 9 aromatic rings. The van der Waals surface area contributed by atoms with Crippen LogP contribution in [0.1, 0.15) is 59.3 Å².